The lowest BCUT2D eigenvalue weighted by Gasteiger charge is -2.32. The highest BCUT2D eigenvalue weighted by atomic mass is 79.9. The molecule has 1 saturated heterocycles. The van der Waals surface area contributed by atoms with Gasteiger partial charge < -0.3 is 14.7 Å². The normalized spacial score (nSPS) is 19.9. The number of hydrogen-bond acceptors (Lipinski definition) is 3. The fourth-order valence-electron chi connectivity index (χ4n) is 1.85. The van der Waals surface area contributed by atoms with Gasteiger partial charge in [-0.2, -0.15) is 0 Å². The van der Waals surface area contributed by atoms with Crippen LogP contribution in [-0.4, -0.2) is 48.3 Å². The molecule has 98 valence electrons. The van der Waals surface area contributed by atoms with Crippen LogP contribution in [0.25, 0.3) is 0 Å². The maximum Gasteiger partial charge on any atom is 0.255 e. The molecule has 1 unspecified atom stereocenters. The van der Waals surface area contributed by atoms with Crippen LogP contribution in [-0.2, 0) is 4.74 Å². The van der Waals surface area contributed by atoms with E-state index in [4.69, 9.17) is 21.4 Å². The third-order valence-electron chi connectivity index (χ3n) is 2.79. The van der Waals surface area contributed by atoms with Crippen LogP contribution in [0.2, 0.25) is 5.02 Å². The molecule has 1 aliphatic rings. The Balaban J connectivity index is 2.15. The molecule has 1 fully saturated rings. The van der Waals surface area contributed by atoms with Crippen LogP contribution in [0.4, 0.5) is 0 Å². The molecule has 1 aliphatic heterocycles. The van der Waals surface area contributed by atoms with Crippen molar-refractivity contribution in [2.75, 3.05) is 26.3 Å². The molecule has 1 heterocycles. The molecule has 1 atom stereocenters. The van der Waals surface area contributed by atoms with Gasteiger partial charge in [-0.1, -0.05) is 27.5 Å². The number of aliphatic hydroxyl groups excluding tert-OH is 1. The summed E-state index contributed by atoms with van der Waals surface area (Å²) < 4.78 is 6.14. The number of carbonyl (C=O) groups excluding carboxylic acids is 1. The molecule has 0 aliphatic carbocycles. The summed E-state index contributed by atoms with van der Waals surface area (Å²) >= 11 is 9.36. The smallest absolute Gasteiger partial charge is 0.255 e. The van der Waals surface area contributed by atoms with E-state index in [1.165, 1.54) is 0 Å². The van der Waals surface area contributed by atoms with Crippen LogP contribution >= 0.6 is 27.5 Å². The van der Waals surface area contributed by atoms with E-state index < -0.39 is 0 Å². The van der Waals surface area contributed by atoms with Gasteiger partial charge in [0.15, 0.2) is 0 Å². The summed E-state index contributed by atoms with van der Waals surface area (Å²) in [5.74, 6) is -0.130. The largest absolute Gasteiger partial charge is 0.394 e. The van der Waals surface area contributed by atoms with Crippen molar-refractivity contribution < 1.29 is 14.6 Å². The van der Waals surface area contributed by atoms with Crippen molar-refractivity contribution in [3.8, 4) is 0 Å². The Morgan fingerprint density at radius 2 is 2.39 bits per heavy atom. The number of halogens is 2. The summed E-state index contributed by atoms with van der Waals surface area (Å²) in [6.45, 7) is 1.26. The number of ether oxygens (including phenoxy) is 1. The summed E-state index contributed by atoms with van der Waals surface area (Å²) in [5.41, 5.74) is 0.471. The van der Waals surface area contributed by atoms with Crippen molar-refractivity contribution in [1.29, 1.82) is 0 Å². The lowest BCUT2D eigenvalue weighted by Crippen LogP contribution is -2.46. The van der Waals surface area contributed by atoms with Crippen molar-refractivity contribution in [3.05, 3.63) is 33.3 Å². The minimum atomic E-state index is -0.308. The Morgan fingerprint density at radius 3 is 3.06 bits per heavy atom. The van der Waals surface area contributed by atoms with Gasteiger partial charge in [-0.3, -0.25) is 4.79 Å². The monoisotopic (exact) mass is 333 g/mol. The second-order valence-corrected chi connectivity index (χ2v) is 5.37. The van der Waals surface area contributed by atoms with Crippen LogP contribution in [0, 0.1) is 0 Å². The predicted molar refractivity (Wildman–Crippen MR) is 71.9 cm³/mol. The molecule has 6 heteroatoms. The summed E-state index contributed by atoms with van der Waals surface area (Å²) in [5, 5.41) is 9.47. The van der Waals surface area contributed by atoms with E-state index in [1.807, 2.05) is 0 Å². The predicted octanol–water partition coefficient (Wildman–Crippen LogP) is 1.94. The molecule has 1 aromatic rings. The standard InChI is InChI=1S/C12H13BrClNO3/c13-8-1-2-10(11(14)5-8)12(17)15-3-4-18-9(6-15)7-16/h1-2,5,9,16H,3-4,6-7H2. The lowest BCUT2D eigenvalue weighted by molar-refractivity contribution is -0.0447. The molecule has 0 aromatic heterocycles. The van der Waals surface area contributed by atoms with E-state index in [0.717, 1.165) is 4.47 Å². The van der Waals surface area contributed by atoms with Gasteiger partial charge in [0.05, 0.1) is 29.9 Å². The van der Waals surface area contributed by atoms with Gasteiger partial charge in [0, 0.05) is 17.6 Å². The highest BCUT2D eigenvalue weighted by Crippen LogP contribution is 2.23. The van der Waals surface area contributed by atoms with Crippen LogP contribution in [0.15, 0.2) is 22.7 Å². The summed E-state index contributed by atoms with van der Waals surface area (Å²) in [7, 11) is 0. The van der Waals surface area contributed by atoms with Crippen molar-refractivity contribution in [1.82, 2.24) is 4.90 Å². The van der Waals surface area contributed by atoms with Gasteiger partial charge in [-0.05, 0) is 18.2 Å². The summed E-state index contributed by atoms with van der Waals surface area (Å²) in [4.78, 5) is 13.9. The SMILES string of the molecule is O=C(c1ccc(Br)cc1Cl)N1CCOC(CO)C1. The van der Waals surface area contributed by atoms with Crippen molar-refractivity contribution in [2.24, 2.45) is 0 Å². The summed E-state index contributed by atoms with van der Waals surface area (Å²) in [6, 6.07) is 5.17. The van der Waals surface area contributed by atoms with Crippen molar-refractivity contribution >= 4 is 33.4 Å². The molecule has 1 amide bonds. The van der Waals surface area contributed by atoms with Crippen molar-refractivity contribution in [3.63, 3.8) is 0 Å². The van der Waals surface area contributed by atoms with E-state index >= 15 is 0 Å². The van der Waals surface area contributed by atoms with Crippen LogP contribution in [0.1, 0.15) is 10.4 Å². The van der Waals surface area contributed by atoms with Gasteiger partial charge >= 0.3 is 0 Å². The minimum Gasteiger partial charge on any atom is -0.394 e. The third-order valence-corrected chi connectivity index (χ3v) is 3.60. The molecule has 0 radical (unpaired) electrons. The van der Waals surface area contributed by atoms with E-state index in [0.29, 0.717) is 30.3 Å². The van der Waals surface area contributed by atoms with Crippen LogP contribution in [0.3, 0.4) is 0 Å². The average molecular weight is 335 g/mol. The van der Waals surface area contributed by atoms with Gasteiger partial charge in [0.1, 0.15) is 0 Å². The first-order valence-corrected chi connectivity index (χ1v) is 6.75. The fraction of sp³-hybridized carbons (Fsp3) is 0.417. The topological polar surface area (TPSA) is 49.8 Å². The van der Waals surface area contributed by atoms with E-state index in [1.54, 1.807) is 23.1 Å². The third kappa shape index (κ3) is 3.03. The number of aliphatic hydroxyl groups is 1. The molecule has 0 saturated carbocycles. The Morgan fingerprint density at radius 1 is 1.61 bits per heavy atom. The zero-order valence-electron chi connectivity index (χ0n) is 9.60. The number of benzene rings is 1. The van der Waals surface area contributed by atoms with Gasteiger partial charge in [0.25, 0.3) is 5.91 Å². The number of rotatable bonds is 2. The van der Waals surface area contributed by atoms with Crippen LogP contribution in [0.5, 0.6) is 0 Å². The number of amides is 1. The van der Waals surface area contributed by atoms with Crippen LogP contribution < -0.4 is 0 Å². The molecule has 4 nitrogen and oxygen atoms in total. The second kappa shape index (κ2) is 6.02. The molecular weight excluding hydrogens is 321 g/mol. The average Bonchev–Trinajstić information content (AvgIpc) is 2.38. The van der Waals surface area contributed by atoms with Crippen molar-refractivity contribution in [2.45, 2.75) is 6.10 Å². The summed E-state index contributed by atoms with van der Waals surface area (Å²) in [6.07, 6.45) is -0.308. The highest BCUT2D eigenvalue weighted by Gasteiger charge is 2.25. The quantitative estimate of drug-likeness (QED) is 0.899. The molecule has 0 spiro atoms. The first-order chi connectivity index (χ1) is 8.61. The first kappa shape index (κ1) is 13.8. The fourth-order valence-corrected chi connectivity index (χ4v) is 2.60. The molecule has 1 aromatic carbocycles. The van der Waals surface area contributed by atoms with Gasteiger partial charge in [-0.25, -0.2) is 0 Å². The Bertz CT molecular complexity index is 455. The number of morpholine rings is 1. The number of carbonyl (C=O) groups is 1. The van der Waals surface area contributed by atoms with Gasteiger partial charge in [0.2, 0.25) is 0 Å². The molecule has 2 rings (SSSR count). The Labute approximate surface area is 119 Å². The highest BCUT2D eigenvalue weighted by molar-refractivity contribution is 9.10. The number of hydrogen-bond donors (Lipinski definition) is 1. The number of nitrogens with zero attached hydrogens (tertiary/aromatic N) is 1. The van der Waals surface area contributed by atoms with E-state index in [9.17, 15) is 4.79 Å². The molecule has 0 bridgehead atoms. The minimum absolute atomic E-state index is 0.0855. The second-order valence-electron chi connectivity index (χ2n) is 4.05. The zero-order valence-corrected chi connectivity index (χ0v) is 11.9. The van der Waals surface area contributed by atoms with E-state index in [2.05, 4.69) is 15.9 Å². The Hall–Kier alpha value is -0.620. The molecule has 18 heavy (non-hydrogen) atoms. The maximum absolute atomic E-state index is 12.3. The van der Waals surface area contributed by atoms with E-state index in [-0.39, 0.29) is 18.6 Å². The zero-order chi connectivity index (χ0) is 13.1. The maximum atomic E-state index is 12.3. The van der Waals surface area contributed by atoms with Gasteiger partial charge in [-0.15, -0.1) is 0 Å². The first-order valence-electron chi connectivity index (χ1n) is 5.58. The molecular formula is C12H13BrClNO3. The lowest BCUT2D eigenvalue weighted by atomic mass is 10.1. The Kier molecular flexibility index (Phi) is 4.61. The molecule has 1 N–H and O–H groups in total.